The average Bonchev–Trinajstić information content (AvgIpc) is 2.68. The first-order valence-corrected chi connectivity index (χ1v) is 9.83. The Hall–Kier alpha value is -3.40. The fraction of sp³-hybridized carbons (Fsp3) is 0.348. The summed E-state index contributed by atoms with van der Waals surface area (Å²) in [4.78, 5) is 28.2. The van der Waals surface area contributed by atoms with Crippen molar-refractivity contribution in [3.8, 4) is 0 Å². The van der Waals surface area contributed by atoms with Gasteiger partial charge >= 0.3 is 0 Å². The van der Waals surface area contributed by atoms with E-state index in [-0.39, 0.29) is 11.5 Å². The van der Waals surface area contributed by atoms with E-state index in [4.69, 9.17) is 6.57 Å². The second-order valence-electron chi connectivity index (χ2n) is 7.62. The number of hydrogen-bond acceptors (Lipinski definition) is 3. The van der Waals surface area contributed by atoms with Gasteiger partial charge in [-0.25, -0.2) is 9.24 Å². The molecule has 0 radical (unpaired) electrons. The third-order valence-electron chi connectivity index (χ3n) is 4.63. The lowest BCUT2D eigenvalue weighted by Crippen LogP contribution is -2.44. The molecule has 158 valence electrons. The van der Waals surface area contributed by atoms with Gasteiger partial charge in [0.15, 0.2) is 5.69 Å². The zero-order valence-corrected chi connectivity index (χ0v) is 17.7. The first-order chi connectivity index (χ1) is 14.2. The number of amides is 2. The highest BCUT2D eigenvalue weighted by Gasteiger charge is 2.28. The van der Waals surface area contributed by atoms with Gasteiger partial charge in [-0.3, -0.25) is 9.59 Å². The van der Waals surface area contributed by atoms with Crippen LogP contribution in [-0.4, -0.2) is 23.9 Å². The topological polar surface area (TPSA) is 74.6 Å². The summed E-state index contributed by atoms with van der Waals surface area (Å²) in [5, 5.41) is 8.49. The molecule has 7 heteroatoms. The summed E-state index contributed by atoms with van der Waals surface area (Å²) in [6, 6.07) is 9.23. The van der Waals surface area contributed by atoms with Crippen molar-refractivity contribution >= 4 is 28.9 Å². The van der Waals surface area contributed by atoms with Crippen LogP contribution in [0.3, 0.4) is 0 Å². The molecule has 3 N–H and O–H groups in total. The molecule has 0 bridgehead atoms. The number of halogens is 1. The maximum Gasteiger partial charge on any atom is 0.254 e. The maximum atomic E-state index is 14.4. The zero-order valence-electron chi connectivity index (χ0n) is 17.7. The van der Waals surface area contributed by atoms with E-state index in [9.17, 15) is 14.0 Å². The zero-order chi connectivity index (χ0) is 22.3. The van der Waals surface area contributed by atoms with Crippen molar-refractivity contribution in [2.45, 2.75) is 46.1 Å². The van der Waals surface area contributed by atoms with E-state index >= 15 is 0 Å². The van der Waals surface area contributed by atoms with Crippen molar-refractivity contribution in [1.29, 1.82) is 0 Å². The van der Waals surface area contributed by atoms with Gasteiger partial charge in [0.05, 0.1) is 12.1 Å². The van der Waals surface area contributed by atoms with Crippen LogP contribution >= 0.6 is 0 Å². The van der Waals surface area contributed by atoms with Crippen molar-refractivity contribution in [1.82, 2.24) is 5.32 Å². The highest BCUT2D eigenvalue weighted by molar-refractivity contribution is 6.00. The number of carbonyl (C=O) groups is 2. The molecule has 0 saturated carbocycles. The van der Waals surface area contributed by atoms with Crippen LogP contribution in [0.4, 0.5) is 21.5 Å². The number of nitrogens with one attached hydrogen (secondary N) is 3. The molecule has 0 atom stereocenters. The monoisotopic (exact) mass is 410 g/mol. The van der Waals surface area contributed by atoms with Gasteiger partial charge < -0.3 is 16.0 Å². The number of benzene rings is 2. The largest absolute Gasteiger partial charge is 0.372 e. The molecule has 0 aliphatic carbocycles. The molecule has 2 aromatic rings. The molecule has 0 heterocycles. The van der Waals surface area contributed by atoms with Gasteiger partial charge in [0.25, 0.3) is 5.91 Å². The predicted molar refractivity (Wildman–Crippen MR) is 117 cm³/mol. The molecule has 0 aromatic heterocycles. The number of anilines is 2. The minimum absolute atomic E-state index is 0.0331. The van der Waals surface area contributed by atoms with E-state index in [0.717, 1.165) is 18.4 Å². The second kappa shape index (κ2) is 9.88. The van der Waals surface area contributed by atoms with E-state index < -0.39 is 17.3 Å². The molecule has 0 spiro atoms. The summed E-state index contributed by atoms with van der Waals surface area (Å²) in [6.07, 6.45) is 1.77. The van der Waals surface area contributed by atoms with Crippen molar-refractivity contribution in [2.75, 3.05) is 17.2 Å². The first kappa shape index (κ1) is 22.9. The highest BCUT2D eigenvalue weighted by atomic mass is 19.1. The lowest BCUT2D eigenvalue weighted by Gasteiger charge is -2.26. The van der Waals surface area contributed by atoms with Crippen molar-refractivity contribution < 1.29 is 14.0 Å². The van der Waals surface area contributed by atoms with E-state index in [0.29, 0.717) is 23.6 Å². The quantitative estimate of drug-likeness (QED) is 0.421. The standard InChI is InChI=1S/C23H27FN4O2/c1-6-7-12-26-21(29)18-10-8-17(14-19(18)24)28-23(3,4)22(30)27-16-9-11-20(25-5)15(2)13-16/h8-11,13-14,28H,6-7,12H2,1-4H3,(H,26,29)(H,27,30). The summed E-state index contributed by atoms with van der Waals surface area (Å²) >= 11 is 0. The highest BCUT2D eigenvalue weighted by Crippen LogP contribution is 2.24. The Morgan fingerprint density at radius 1 is 1.13 bits per heavy atom. The molecule has 2 rings (SSSR count). The second-order valence-corrected chi connectivity index (χ2v) is 7.62. The minimum atomic E-state index is -1.05. The summed E-state index contributed by atoms with van der Waals surface area (Å²) in [5.74, 6) is -1.43. The van der Waals surface area contributed by atoms with Crippen LogP contribution in [0.2, 0.25) is 0 Å². The lowest BCUT2D eigenvalue weighted by molar-refractivity contribution is -0.119. The van der Waals surface area contributed by atoms with Gasteiger partial charge in [-0.2, -0.15) is 0 Å². The smallest absolute Gasteiger partial charge is 0.254 e. The lowest BCUT2D eigenvalue weighted by atomic mass is 10.0. The predicted octanol–water partition coefficient (Wildman–Crippen LogP) is 5.04. The van der Waals surface area contributed by atoms with Crippen molar-refractivity contribution in [2.24, 2.45) is 0 Å². The third-order valence-corrected chi connectivity index (χ3v) is 4.63. The Morgan fingerprint density at radius 3 is 2.43 bits per heavy atom. The van der Waals surface area contributed by atoms with Gasteiger partial charge in [-0.1, -0.05) is 19.4 Å². The van der Waals surface area contributed by atoms with Gasteiger partial charge in [-0.15, -0.1) is 0 Å². The molecule has 2 amide bonds. The molecule has 0 aliphatic rings. The number of carbonyl (C=O) groups excluding carboxylic acids is 2. The minimum Gasteiger partial charge on any atom is -0.372 e. The normalized spacial score (nSPS) is 10.8. The molecule has 0 fully saturated rings. The summed E-state index contributed by atoms with van der Waals surface area (Å²) in [7, 11) is 0. The van der Waals surface area contributed by atoms with Crippen LogP contribution < -0.4 is 16.0 Å². The van der Waals surface area contributed by atoms with Gasteiger partial charge in [0, 0.05) is 17.9 Å². The fourth-order valence-electron chi connectivity index (χ4n) is 2.81. The maximum absolute atomic E-state index is 14.4. The van der Waals surface area contributed by atoms with E-state index in [1.807, 2.05) is 6.92 Å². The Morgan fingerprint density at radius 2 is 1.83 bits per heavy atom. The van der Waals surface area contributed by atoms with Gasteiger partial charge in [0.2, 0.25) is 5.91 Å². The first-order valence-electron chi connectivity index (χ1n) is 9.83. The van der Waals surface area contributed by atoms with E-state index in [2.05, 4.69) is 20.8 Å². The van der Waals surface area contributed by atoms with Crippen LogP contribution in [0.15, 0.2) is 36.4 Å². The van der Waals surface area contributed by atoms with E-state index in [1.54, 1.807) is 45.0 Å². The van der Waals surface area contributed by atoms with Gasteiger partial charge in [0.1, 0.15) is 11.4 Å². The summed E-state index contributed by atoms with van der Waals surface area (Å²) in [6.45, 7) is 14.7. The van der Waals surface area contributed by atoms with Crippen molar-refractivity contribution in [3.63, 3.8) is 0 Å². The number of rotatable bonds is 8. The number of aryl methyl sites for hydroxylation is 1. The summed E-state index contributed by atoms with van der Waals surface area (Å²) in [5.41, 5.74) is 1.17. The summed E-state index contributed by atoms with van der Waals surface area (Å²) < 4.78 is 14.4. The Labute approximate surface area is 176 Å². The van der Waals surface area contributed by atoms with E-state index in [1.165, 1.54) is 12.1 Å². The molecule has 30 heavy (non-hydrogen) atoms. The molecule has 6 nitrogen and oxygen atoms in total. The number of unbranched alkanes of at least 4 members (excludes halogenated alkanes) is 1. The number of nitrogens with zero attached hydrogens (tertiary/aromatic N) is 1. The van der Waals surface area contributed by atoms with Crippen LogP contribution in [0.1, 0.15) is 49.5 Å². The molecule has 0 aliphatic heterocycles. The van der Waals surface area contributed by atoms with Crippen LogP contribution in [0, 0.1) is 19.3 Å². The Kier molecular flexibility index (Phi) is 7.54. The van der Waals surface area contributed by atoms with Gasteiger partial charge in [-0.05, 0) is 63.1 Å². The van der Waals surface area contributed by atoms with Crippen LogP contribution in [-0.2, 0) is 4.79 Å². The average molecular weight is 410 g/mol. The van der Waals surface area contributed by atoms with Crippen molar-refractivity contribution in [3.05, 3.63) is 64.8 Å². The van der Waals surface area contributed by atoms with Crippen LogP contribution in [0.5, 0.6) is 0 Å². The Bertz CT molecular complexity index is 980. The molecular weight excluding hydrogens is 383 g/mol. The van der Waals surface area contributed by atoms with Crippen LogP contribution in [0.25, 0.3) is 4.85 Å². The third kappa shape index (κ3) is 5.80. The molecular formula is C23H27FN4O2. The molecule has 0 unspecified atom stereocenters. The molecule has 2 aromatic carbocycles. The Balaban J connectivity index is 2.07. The fourth-order valence-corrected chi connectivity index (χ4v) is 2.81. The number of hydrogen-bond donors (Lipinski definition) is 3. The SMILES string of the molecule is [C-]#[N+]c1ccc(NC(=O)C(C)(C)Nc2ccc(C(=O)NCCCC)c(F)c2)cc1C. The molecule has 0 saturated heterocycles.